The highest BCUT2D eigenvalue weighted by molar-refractivity contribution is 5.74. The number of carbonyl (C=O) groups excluding carboxylic acids is 1. The first-order chi connectivity index (χ1) is 9.84. The van der Waals surface area contributed by atoms with E-state index in [2.05, 4.69) is 45.9 Å². The zero-order chi connectivity index (χ0) is 16.0. The standard InChI is InChI=1S/C17H27NO3/c1-11(2)14-7-6-8-15(12(3)4)16(14)20-9-10-21-17(19)13(5)18/h6-8,11-13H,9-10,18H2,1-5H3/t13-/m0/s1. The highest BCUT2D eigenvalue weighted by Gasteiger charge is 2.15. The second kappa shape index (κ2) is 8.03. The maximum Gasteiger partial charge on any atom is 0.322 e. The third kappa shape index (κ3) is 5.05. The van der Waals surface area contributed by atoms with Gasteiger partial charge >= 0.3 is 5.97 Å². The van der Waals surface area contributed by atoms with E-state index in [0.29, 0.717) is 18.4 Å². The minimum absolute atomic E-state index is 0.213. The molecule has 21 heavy (non-hydrogen) atoms. The van der Waals surface area contributed by atoms with Crippen LogP contribution < -0.4 is 10.5 Å². The lowest BCUT2D eigenvalue weighted by Gasteiger charge is -2.20. The van der Waals surface area contributed by atoms with E-state index in [1.807, 2.05) is 0 Å². The van der Waals surface area contributed by atoms with Gasteiger partial charge in [-0.15, -0.1) is 0 Å². The minimum atomic E-state index is -0.598. The Morgan fingerprint density at radius 2 is 1.57 bits per heavy atom. The van der Waals surface area contributed by atoms with Crippen molar-refractivity contribution >= 4 is 5.97 Å². The summed E-state index contributed by atoms with van der Waals surface area (Å²) in [5.74, 6) is 1.27. The predicted octanol–water partition coefficient (Wildman–Crippen LogP) is 3.20. The first-order valence-corrected chi connectivity index (χ1v) is 7.52. The Hall–Kier alpha value is -1.55. The Balaban J connectivity index is 2.74. The van der Waals surface area contributed by atoms with Crippen molar-refractivity contribution in [3.63, 3.8) is 0 Å². The molecule has 0 saturated heterocycles. The number of benzene rings is 1. The maximum absolute atomic E-state index is 11.3. The van der Waals surface area contributed by atoms with Gasteiger partial charge in [-0.1, -0.05) is 45.9 Å². The maximum atomic E-state index is 11.3. The molecule has 0 unspecified atom stereocenters. The number of para-hydroxylation sites is 1. The number of rotatable bonds is 7. The predicted molar refractivity (Wildman–Crippen MR) is 84.7 cm³/mol. The average molecular weight is 293 g/mol. The van der Waals surface area contributed by atoms with Gasteiger partial charge in [0.15, 0.2) is 0 Å². The molecular formula is C17H27NO3. The van der Waals surface area contributed by atoms with Gasteiger partial charge in [0.05, 0.1) is 0 Å². The molecule has 0 spiro atoms. The van der Waals surface area contributed by atoms with Crippen LogP contribution in [0.5, 0.6) is 5.75 Å². The molecule has 0 fully saturated rings. The molecule has 2 N–H and O–H groups in total. The number of esters is 1. The summed E-state index contributed by atoms with van der Waals surface area (Å²) in [5, 5.41) is 0. The molecule has 1 aromatic carbocycles. The summed E-state index contributed by atoms with van der Waals surface area (Å²) in [6, 6.07) is 5.63. The first kappa shape index (κ1) is 17.5. The number of ether oxygens (including phenoxy) is 2. The van der Waals surface area contributed by atoms with Crippen LogP contribution in [0.3, 0.4) is 0 Å². The van der Waals surface area contributed by atoms with Crippen molar-refractivity contribution in [3.8, 4) is 5.75 Å². The summed E-state index contributed by atoms with van der Waals surface area (Å²) in [7, 11) is 0. The van der Waals surface area contributed by atoms with Crippen LogP contribution >= 0.6 is 0 Å². The van der Waals surface area contributed by atoms with Crippen LogP contribution in [-0.4, -0.2) is 25.2 Å². The first-order valence-electron chi connectivity index (χ1n) is 7.52. The number of hydrogen-bond donors (Lipinski definition) is 1. The van der Waals surface area contributed by atoms with Crippen molar-refractivity contribution in [2.24, 2.45) is 5.73 Å². The Bertz CT molecular complexity index is 441. The zero-order valence-corrected chi connectivity index (χ0v) is 13.7. The normalized spacial score (nSPS) is 12.6. The van der Waals surface area contributed by atoms with Crippen molar-refractivity contribution in [1.29, 1.82) is 0 Å². The number of nitrogens with two attached hydrogens (primary N) is 1. The van der Waals surface area contributed by atoms with E-state index in [4.69, 9.17) is 15.2 Å². The fraction of sp³-hybridized carbons (Fsp3) is 0.588. The highest BCUT2D eigenvalue weighted by atomic mass is 16.6. The van der Waals surface area contributed by atoms with Crippen molar-refractivity contribution in [2.45, 2.75) is 52.5 Å². The molecule has 0 aliphatic carbocycles. The SMILES string of the molecule is CC(C)c1cccc(C(C)C)c1OCCOC(=O)[C@H](C)N. The molecule has 0 aliphatic heterocycles. The molecule has 0 aromatic heterocycles. The van der Waals surface area contributed by atoms with Gasteiger partial charge in [0.1, 0.15) is 25.0 Å². The summed E-state index contributed by atoms with van der Waals surface area (Å²) in [5.41, 5.74) is 7.80. The van der Waals surface area contributed by atoms with Gasteiger partial charge in [0, 0.05) is 0 Å². The van der Waals surface area contributed by atoms with Crippen molar-refractivity contribution in [3.05, 3.63) is 29.3 Å². The molecule has 1 atom stereocenters. The van der Waals surface area contributed by atoms with Crippen LogP contribution in [0.1, 0.15) is 57.6 Å². The van der Waals surface area contributed by atoms with Crippen molar-refractivity contribution in [1.82, 2.24) is 0 Å². The van der Waals surface area contributed by atoms with E-state index in [9.17, 15) is 4.79 Å². The third-order valence-corrected chi connectivity index (χ3v) is 3.27. The van der Waals surface area contributed by atoms with Gasteiger partial charge in [0.2, 0.25) is 0 Å². The van der Waals surface area contributed by atoms with E-state index in [1.54, 1.807) is 6.92 Å². The summed E-state index contributed by atoms with van der Waals surface area (Å²) in [4.78, 5) is 11.3. The Labute approximate surface area is 127 Å². The molecule has 0 heterocycles. The van der Waals surface area contributed by atoms with Crippen LogP contribution in [0.25, 0.3) is 0 Å². The van der Waals surface area contributed by atoms with E-state index in [1.165, 1.54) is 11.1 Å². The summed E-state index contributed by atoms with van der Waals surface area (Å²) >= 11 is 0. The molecule has 0 bridgehead atoms. The number of carbonyl (C=O) groups is 1. The van der Waals surface area contributed by atoms with Crippen LogP contribution in [0.15, 0.2) is 18.2 Å². The third-order valence-electron chi connectivity index (χ3n) is 3.27. The molecule has 0 amide bonds. The molecule has 0 radical (unpaired) electrons. The number of hydrogen-bond acceptors (Lipinski definition) is 4. The Kier molecular flexibility index (Phi) is 6.69. The van der Waals surface area contributed by atoms with E-state index >= 15 is 0 Å². The van der Waals surface area contributed by atoms with Gasteiger partial charge in [-0.2, -0.15) is 0 Å². The van der Waals surface area contributed by atoms with Gasteiger partial charge in [-0.25, -0.2) is 0 Å². The second-order valence-electron chi connectivity index (χ2n) is 5.88. The monoisotopic (exact) mass is 293 g/mol. The van der Waals surface area contributed by atoms with Crippen molar-refractivity contribution in [2.75, 3.05) is 13.2 Å². The summed E-state index contributed by atoms with van der Waals surface area (Å²) in [6.07, 6.45) is 0. The largest absolute Gasteiger partial charge is 0.489 e. The van der Waals surface area contributed by atoms with Gasteiger partial charge < -0.3 is 15.2 Å². The highest BCUT2D eigenvalue weighted by Crippen LogP contribution is 2.34. The van der Waals surface area contributed by atoms with Crippen LogP contribution in [-0.2, 0) is 9.53 Å². The fourth-order valence-corrected chi connectivity index (χ4v) is 2.07. The minimum Gasteiger partial charge on any atom is -0.489 e. The van der Waals surface area contributed by atoms with E-state index < -0.39 is 12.0 Å². The molecule has 0 aliphatic rings. The molecule has 4 heteroatoms. The molecule has 1 rings (SSSR count). The summed E-state index contributed by atoms with van der Waals surface area (Å²) < 4.78 is 10.9. The zero-order valence-electron chi connectivity index (χ0n) is 13.7. The molecular weight excluding hydrogens is 266 g/mol. The lowest BCUT2D eigenvalue weighted by molar-refractivity contribution is -0.145. The van der Waals surface area contributed by atoms with Crippen LogP contribution in [0.2, 0.25) is 0 Å². The Morgan fingerprint density at radius 3 is 2.00 bits per heavy atom. The van der Waals surface area contributed by atoms with Crippen molar-refractivity contribution < 1.29 is 14.3 Å². The average Bonchev–Trinajstić information content (AvgIpc) is 2.42. The quantitative estimate of drug-likeness (QED) is 0.619. The topological polar surface area (TPSA) is 61.5 Å². The molecule has 0 saturated carbocycles. The van der Waals surface area contributed by atoms with Gasteiger partial charge in [-0.3, -0.25) is 4.79 Å². The van der Waals surface area contributed by atoms with Crippen LogP contribution in [0, 0.1) is 0 Å². The molecule has 1 aromatic rings. The summed E-state index contributed by atoms with van der Waals surface area (Å²) in [6.45, 7) is 10.7. The second-order valence-corrected chi connectivity index (χ2v) is 5.88. The lowest BCUT2D eigenvalue weighted by atomic mass is 9.94. The molecule has 118 valence electrons. The van der Waals surface area contributed by atoms with Gasteiger partial charge in [0.25, 0.3) is 0 Å². The van der Waals surface area contributed by atoms with E-state index in [0.717, 1.165) is 5.75 Å². The van der Waals surface area contributed by atoms with Crippen LogP contribution in [0.4, 0.5) is 0 Å². The van der Waals surface area contributed by atoms with Gasteiger partial charge in [-0.05, 0) is 29.9 Å². The lowest BCUT2D eigenvalue weighted by Crippen LogP contribution is -2.30. The molecule has 4 nitrogen and oxygen atoms in total. The Morgan fingerprint density at radius 1 is 1.05 bits per heavy atom. The fourth-order valence-electron chi connectivity index (χ4n) is 2.07. The van der Waals surface area contributed by atoms with E-state index in [-0.39, 0.29) is 6.61 Å². The smallest absolute Gasteiger partial charge is 0.322 e.